The molecule has 0 saturated carbocycles. The van der Waals surface area contributed by atoms with Crippen molar-refractivity contribution in [1.82, 2.24) is 19.7 Å². The predicted octanol–water partition coefficient (Wildman–Crippen LogP) is 4.81. The third-order valence-electron chi connectivity index (χ3n) is 5.16. The molecule has 0 spiro atoms. The standard InChI is InChI=1S/C24H20N6O2/c1-16-21(15-17-5-3-2-4-6-17)22(31)30-24(26-16)28-23(29-30)27-18-7-9-19(10-8-18)32-20-11-13-25-14-12-20/h2-14,21H,15H2,1H3,(H,27,29). The maximum atomic E-state index is 13.0. The number of hydrogen-bond acceptors (Lipinski definition) is 7. The molecule has 0 radical (unpaired) electrons. The Kier molecular flexibility index (Phi) is 5.17. The lowest BCUT2D eigenvalue weighted by Gasteiger charge is -2.19. The van der Waals surface area contributed by atoms with Crippen LogP contribution in [0.5, 0.6) is 11.5 Å². The second kappa shape index (κ2) is 8.43. The average molecular weight is 424 g/mol. The van der Waals surface area contributed by atoms with Crippen molar-refractivity contribution in [3.8, 4) is 11.5 Å². The lowest BCUT2D eigenvalue weighted by molar-refractivity contribution is 0.0852. The van der Waals surface area contributed by atoms with Crippen LogP contribution in [0.15, 0.2) is 84.1 Å². The number of fused-ring (bicyclic) bond motifs is 1. The molecule has 0 fully saturated rings. The van der Waals surface area contributed by atoms with E-state index in [1.807, 2.05) is 61.5 Å². The van der Waals surface area contributed by atoms with E-state index in [2.05, 4.69) is 25.4 Å². The largest absolute Gasteiger partial charge is 0.457 e. The molecule has 0 aliphatic carbocycles. The normalized spacial score (nSPS) is 15.1. The fourth-order valence-corrected chi connectivity index (χ4v) is 3.50. The number of carbonyl (C=O) groups excluding carboxylic acids is 1. The van der Waals surface area contributed by atoms with Crippen LogP contribution in [-0.2, 0) is 6.42 Å². The fourth-order valence-electron chi connectivity index (χ4n) is 3.50. The lowest BCUT2D eigenvalue weighted by Crippen LogP contribution is -2.33. The Labute approximate surface area is 184 Å². The van der Waals surface area contributed by atoms with Gasteiger partial charge in [-0.3, -0.25) is 9.78 Å². The van der Waals surface area contributed by atoms with Gasteiger partial charge in [0.25, 0.3) is 11.9 Å². The minimum Gasteiger partial charge on any atom is -0.457 e. The Balaban J connectivity index is 1.30. The highest BCUT2D eigenvalue weighted by molar-refractivity contribution is 6.07. The smallest absolute Gasteiger partial charge is 0.259 e. The van der Waals surface area contributed by atoms with E-state index in [0.29, 0.717) is 23.9 Å². The maximum Gasteiger partial charge on any atom is 0.259 e. The fraction of sp³-hybridized carbons (Fsp3) is 0.125. The molecule has 1 aliphatic heterocycles. The molecule has 5 rings (SSSR count). The molecule has 1 unspecified atom stereocenters. The first kappa shape index (κ1) is 19.6. The summed E-state index contributed by atoms with van der Waals surface area (Å²) < 4.78 is 7.05. The van der Waals surface area contributed by atoms with E-state index >= 15 is 0 Å². The van der Waals surface area contributed by atoms with E-state index in [1.165, 1.54) is 4.68 Å². The van der Waals surface area contributed by atoms with Crippen LogP contribution in [0.2, 0.25) is 0 Å². The molecule has 8 heteroatoms. The summed E-state index contributed by atoms with van der Waals surface area (Å²) in [5.74, 6) is 1.52. The summed E-state index contributed by atoms with van der Waals surface area (Å²) in [6.07, 6.45) is 3.93. The number of hydrogen-bond donors (Lipinski definition) is 1. The second-order valence-electron chi connectivity index (χ2n) is 7.42. The van der Waals surface area contributed by atoms with Crippen molar-refractivity contribution in [1.29, 1.82) is 0 Å². The molecule has 32 heavy (non-hydrogen) atoms. The van der Waals surface area contributed by atoms with Gasteiger partial charge in [-0.2, -0.15) is 9.67 Å². The van der Waals surface area contributed by atoms with Gasteiger partial charge in [-0.05, 0) is 55.3 Å². The summed E-state index contributed by atoms with van der Waals surface area (Å²) in [4.78, 5) is 25.9. The van der Waals surface area contributed by atoms with Crippen LogP contribution < -0.4 is 10.1 Å². The molecule has 158 valence electrons. The van der Waals surface area contributed by atoms with Crippen LogP contribution in [-0.4, -0.2) is 31.4 Å². The van der Waals surface area contributed by atoms with E-state index in [1.54, 1.807) is 24.5 Å². The van der Waals surface area contributed by atoms with Crippen molar-refractivity contribution >= 4 is 29.2 Å². The number of anilines is 2. The molecule has 8 nitrogen and oxygen atoms in total. The highest BCUT2D eigenvalue weighted by Gasteiger charge is 2.31. The summed E-state index contributed by atoms with van der Waals surface area (Å²) in [6, 6.07) is 20.8. The number of carbonyl (C=O) groups is 1. The highest BCUT2D eigenvalue weighted by atomic mass is 16.5. The topological polar surface area (TPSA) is 94.3 Å². The number of ether oxygens (including phenoxy) is 1. The third kappa shape index (κ3) is 4.11. The van der Waals surface area contributed by atoms with Gasteiger partial charge < -0.3 is 10.1 Å². The zero-order valence-corrected chi connectivity index (χ0v) is 17.3. The van der Waals surface area contributed by atoms with Crippen molar-refractivity contribution in [2.75, 3.05) is 5.32 Å². The van der Waals surface area contributed by atoms with Gasteiger partial charge in [0.1, 0.15) is 11.5 Å². The van der Waals surface area contributed by atoms with Crippen LogP contribution in [0, 0.1) is 5.92 Å². The first-order valence-electron chi connectivity index (χ1n) is 10.2. The Hall–Kier alpha value is -4.33. The minimum atomic E-state index is -0.357. The Morgan fingerprint density at radius 1 is 0.969 bits per heavy atom. The molecule has 2 aromatic carbocycles. The summed E-state index contributed by atoms with van der Waals surface area (Å²) in [7, 11) is 0. The van der Waals surface area contributed by atoms with E-state index in [9.17, 15) is 4.79 Å². The number of nitrogens with one attached hydrogen (secondary N) is 1. The van der Waals surface area contributed by atoms with Gasteiger partial charge >= 0.3 is 0 Å². The van der Waals surface area contributed by atoms with Gasteiger partial charge in [0.05, 0.1) is 5.92 Å². The zero-order valence-electron chi connectivity index (χ0n) is 17.3. The summed E-state index contributed by atoms with van der Waals surface area (Å²) >= 11 is 0. The van der Waals surface area contributed by atoms with Crippen LogP contribution in [0.4, 0.5) is 17.6 Å². The number of pyridine rings is 1. The number of aliphatic imine (C=N–C) groups is 1. The molecule has 0 saturated heterocycles. The van der Waals surface area contributed by atoms with Gasteiger partial charge in [-0.1, -0.05) is 30.3 Å². The molecular formula is C24H20N6O2. The first-order chi connectivity index (χ1) is 15.7. The van der Waals surface area contributed by atoms with Crippen molar-refractivity contribution in [2.24, 2.45) is 10.9 Å². The molecule has 0 bridgehead atoms. The van der Waals surface area contributed by atoms with E-state index in [4.69, 9.17) is 4.74 Å². The molecule has 2 aromatic heterocycles. The second-order valence-corrected chi connectivity index (χ2v) is 7.42. The Morgan fingerprint density at radius 2 is 1.69 bits per heavy atom. The quantitative estimate of drug-likeness (QED) is 0.477. The van der Waals surface area contributed by atoms with E-state index < -0.39 is 0 Å². The Morgan fingerprint density at radius 3 is 2.44 bits per heavy atom. The summed E-state index contributed by atoms with van der Waals surface area (Å²) in [5, 5.41) is 7.47. The van der Waals surface area contributed by atoms with E-state index in [0.717, 1.165) is 17.0 Å². The summed E-state index contributed by atoms with van der Waals surface area (Å²) in [5.41, 5.74) is 2.59. The molecule has 1 atom stereocenters. The molecule has 3 heterocycles. The van der Waals surface area contributed by atoms with Gasteiger partial charge in [0.15, 0.2) is 0 Å². The number of benzene rings is 2. The van der Waals surface area contributed by atoms with Gasteiger partial charge in [0, 0.05) is 23.8 Å². The highest BCUT2D eigenvalue weighted by Crippen LogP contribution is 2.27. The van der Waals surface area contributed by atoms with Crippen molar-refractivity contribution in [3.63, 3.8) is 0 Å². The monoisotopic (exact) mass is 424 g/mol. The number of aromatic nitrogens is 4. The van der Waals surface area contributed by atoms with Crippen molar-refractivity contribution in [2.45, 2.75) is 13.3 Å². The van der Waals surface area contributed by atoms with Crippen molar-refractivity contribution < 1.29 is 9.53 Å². The van der Waals surface area contributed by atoms with Crippen LogP contribution in [0.25, 0.3) is 0 Å². The molecule has 1 aliphatic rings. The van der Waals surface area contributed by atoms with Crippen LogP contribution in [0.1, 0.15) is 17.3 Å². The minimum absolute atomic E-state index is 0.127. The van der Waals surface area contributed by atoms with Gasteiger partial charge in [-0.15, -0.1) is 5.10 Å². The number of rotatable bonds is 6. The SMILES string of the molecule is CC1=Nc2nc(Nc3ccc(Oc4ccncc4)cc3)nn2C(=O)C1Cc1ccccc1. The molecule has 4 aromatic rings. The Bertz CT molecular complexity index is 1270. The van der Waals surface area contributed by atoms with Crippen LogP contribution in [0.3, 0.4) is 0 Å². The lowest BCUT2D eigenvalue weighted by atomic mass is 9.94. The summed E-state index contributed by atoms with van der Waals surface area (Å²) in [6.45, 7) is 1.86. The third-order valence-corrected chi connectivity index (χ3v) is 5.16. The molecule has 0 amide bonds. The molecule has 1 N–H and O–H groups in total. The van der Waals surface area contributed by atoms with E-state index in [-0.39, 0.29) is 17.8 Å². The van der Waals surface area contributed by atoms with Gasteiger partial charge in [0.2, 0.25) is 5.95 Å². The average Bonchev–Trinajstić information content (AvgIpc) is 3.22. The predicted molar refractivity (Wildman–Crippen MR) is 121 cm³/mol. The molecular weight excluding hydrogens is 404 g/mol. The maximum absolute atomic E-state index is 13.0. The van der Waals surface area contributed by atoms with Gasteiger partial charge in [-0.25, -0.2) is 4.99 Å². The number of nitrogens with zero attached hydrogens (tertiary/aromatic N) is 5. The first-order valence-corrected chi connectivity index (χ1v) is 10.2. The van der Waals surface area contributed by atoms with Crippen molar-refractivity contribution in [3.05, 3.63) is 84.7 Å². The zero-order chi connectivity index (χ0) is 21.9. The van der Waals surface area contributed by atoms with Crippen LogP contribution >= 0.6 is 0 Å².